The SMILES string of the molecule is CCN1C(=O)C(C)(C)C(=O)N(C)c2cc(CN(CCc3cccnc3)Cc3ccncc3)ccc21.Cl.Cl.Cl. The summed E-state index contributed by atoms with van der Waals surface area (Å²) in [7, 11) is 1.76. The maximum atomic E-state index is 13.2. The molecular weight excluding hydrogens is 545 g/mol. The van der Waals surface area contributed by atoms with Crippen LogP contribution in [0.4, 0.5) is 11.4 Å². The summed E-state index contributed by atoms with van der Waals surface area (Å²) in [5.74, 6) is -0.360. The Morgan fingerprint density at radius 3 is 2.13 bits per heavy atom. The molecule has 206 valence electrons. The van der Waals surface area contributed by atoms with Gasteiger partial charge in [-0.1, -0.05) is 12.1 Å². The number of aromatic nitrogens is 2. The lowest BCUT2D eigenvalue weighted by molar-refractivity contribution is -0.137. The van der Waals surface area contributed by atoms with Gasteiger partial charge in [-0.15, -0.1) is 37.2 Å². The van der Waals surface area contributed by atoms with Gasteiger partial charge in [0.1, 0.15) is 5.41 Å². The summed E-state index contributed by atoms with van der Waals surface area (Å²) >= 11 is 0. The second-order valence-electron chi connectivity index (χ2n) is 9.54. The third-order valence-corrected chi connectivity index (χ3v) is 6.63. The highest BCUT2D eigenvalue weighted by molar-refractivity contribution is 6.19. The Labute approximate surface area is 243 Å². The summed E-state index contributed by atoms with van der Waals surface area (Å²) in [6.07, 6.45) is 8.21. The fourth-order valence-corrected chi connectivity index (χ4v) is 4.60. The van der Waals surface area contributed by atoms with Gasteiger partial charge in [0.25, 0.3) is 0 Å². The van der Waals surface area contributed by atoms with Gasteiger partial charge in [-0.2, -0.15) is 0 Å². The average Bonchev–Trinajstić information content (AvgIpc) is 2.92. The Kier molecular flexibility index (Phi) is 12.7. The zero-order valence-electron chi connectivity index (χ0n) is 22.2. The van der Waals surface area contributed by atoms with E-state index in [1.54, 1.807) is 36.9 Å². The van der Waals surface area contributed by atoms with E-state index >= 15 is 0 Å². The Bertz CT molecular complexity index is 1200. The zero-order chi connectivity index (χ0) is 25.0. The highest BCUT2D eigenvalue weighted by Crippen LogP contribution is 2.39. The summed E-state index contributed by atoms with van der Waals surface area (Å²) in [6.45, 7) is 8.21. The largest absolute Gasteiger partial charge is 0.313 e. The minimum absolute atomic E-state index is 0. The lowest BCUT2D eigenvalue weighted by atomic mass is 9.90. The smallest absolute Gasteiger partial charge is 0.242 e. The highest BCUT2D eigenvalue weighted by atomic mass is 35.5. The molecule has 7 nitrogen and oxygen atoms in total. The monoisotopic (exact) mass is 579 g/mol. The van der Waals surface area contributed by atoms with Crippen molar-refractivity contribution in [3.63, 3.8) is 0 Å². The van der Waals surface area contributed by atoms with Crippen molar-refractivity contribution in [3.05, 3.63) is 83.9 Å². The molecule has 0 N–H and O–H groups in total. The molecule has 2 aromatic heterocycles. The van der Waals surface area contributed by atoms with Gasteiger partial charge in [-0.05, 0) is 74.2 Å². The molecule has 0 fully saturated rings. The highest BCUT2D eigenvalue weighted by Gasteiger charge is 2.45. The lowest BCUT2D eigenvalue weighted by Gasteiger charge is -2.27. The molecule has 3 heterocycles. The van der Waals surface area contributed by atoms with Crippen LogP contribution >= 0.6 is 37.2 Å². The molecule has 3 aromatic rings. The number of anilines is 2. The van der Waals surface area contributed by atoms with Gasteiger partial charge in [0.05, 0.1) is 11.4 Å². The van der Waals surface area contributed by atoms with Crippen LogP contribution < -0.4 is 9.80 Å². The number of benzene rings is 1. The summed E-state index contributed by atoms with van der Waals surface area (Å²) in [4.78, 5) is 40.5. The molecule has 0 unspecified atom stereocenters. The van der Waals surface area contributed by atoms with Gasteiger partial charge < -0.3 is 9.80 Å². The van der Waals surface area contributed by atoms with Crippen molar-refractivity contribution in [1.29, 1.82) is 0 Å². The quantitative estimate of drug-likeness (QED) is 0.336. The maximum Gasteiger partial charge on any atom is 0.242 e. The van der Waals surface area contributed by atoms with Crippen LogP contribution in [-0.4, -0.2) is 46.8 Å². The molecule has 0 atom stereocenters. The summed E-state index contributed by atoms with van der Waals surface area (Å²) in [6, 6.07) is 14.2. The number of carbonyl (C=O) groups is 2. The van der Waals surface area contributed by atoms with E-state index in [0.717, 1.165) is 36.4 Å². The van der Waals surface area contributed by atoms with Crippen LogP contribution in [-0.2, 0) is 29.1 Å². The average molecular weight is 581 g/mol. The molecule has 1 aliphatic rings. The van der Waals surface area contributed by atoms with E-state index in [2.05, 4.69) is 27.0 Å². The molecule has 0 bridgehead atoms. The molecule has 38 heavy (non-hydrogen) atoms. The number of fused-ring (bicyclic) bond motifs is 1. The van der Waals surface area contributed by atoms with Crippen molar-refractivity contribution in [2.24, 2.45) is 5.41 Å². The third kappa shape index (κ3) is 7.23. The van der Waals surface area contributed by atoms with Crippen molar-refractivity contribution in [1.82, 2.24) is 14.9 Å². The minimum Gasteiger partial charge on any atom is -0.313 e. The fraction of sp³-hybridized carbons (Fsp3) is 0.357. The predicted octanol–water partition coefficient (Wildman–Crippen LogP) is 5.34. The summed E-state index contributed by atoms with van der Waals surface area (Å²) in [5.41, 5.74) is 3.91. The summed E-state index contributed by atoms with van der Waals surface area (Å²) < 4.78 is 0. The van der Waals surface area contributed by atoms with Crippen LogP contribution in [0.15, 0.2) is 67.3 Å². The molecule has 0 spiro atoms. The number of nitrogens with zero attached hydrogens (tertiary/aromatic N) is 5. The van der Waals surface area contributed by atoms with Gasteiger partial charge >= 0.3 is 0 Å². The van der Waals surface area contributed by atoms with Gasteiger partial charge in [0.2, 0.25) is 11.8 Å². The van der Waals surface area contributed by atoms with Crippen LogP contribution in [0, 0.1) is 5.41 Å². The molecule has 0 aliphatic carbocycles. The molecule has 0 saturated carbocycles. The fourth-order valence-electron chi connectivity index (χ4n) is 4.60. The number of carbonyl (C=O) groups excluding carboxylic acids is 2. The molecule has 1 aliphatic heterocycles. The first kappa shape index (κ1) is 33.3. The van der Waals surface area contributed by atoms with Crippen molar-refractivity contribution in [3.8, 4) is 0 Å². The van der Waals surface area contributed by atoms with Gasteiger partial charge in [0, 0.05) is 58.0 Å². The Morgan fingerprint density at radius 2 is 1.50 bits per heavy atom. The molecule has 0 radical (unpaired) electrons. The van der Waals surface area contributed by atoms with Crippen LogP contribution in [0.25, 0.3) is 0 Å². The molecule has 1 aromatic carbocycles. The molecule has 4 rings (SSSR count). The Balaban J connectivity index is 0.00000241. The van der Waals surface area contributed by atoms with Crippen LogP contribution in [0.3, 0.4) is 0 Å². The third-order valence-electron chi connectivity index (χ3n) is 6.63. The normalized spacial score (nSPS) is 14.1. The van der Waals surface area contributed by atoms with Gasteiger partial charge in [-0.25, -0.2) is 0 Å². The first-order valence-corrected chi connectivity index (χ1v) is 12.0. The van der Waals surface area contributed by atoms with Crippen LogP contribution in [0.2, 0.25) is 0 Å². The number of hydrogen-bond acceptors (Lipinski definition) is 5. The number of amides is 2. The summed E-state index contributed by atoms with van der Waals surface area (Å²) in [5, 5.41) is 0. The van der Waals surface area contributed by atoms with E-state index < -0.39 is 5.41 Å². The standard InChI is InChI=1S/C28H33N5O2.3ClH/c1-5-33-24-9-8-23(17-25(24)31(4)26(34)28(2,3)27(33)35)20-32(19-22-10-14-29-15-11-22)16-12-21-7-6-13-30-18-21;;;/h6-11,13-15,17-18H,5,12,16,19-20H2,1-4H3;3*1H. The van der Waals surface area contributed by atoms with Crippen molar-refractivity contribution < 1.29 is 9.59 Å². The van der Waals surface area contributed by atoms with E-state index in [4.69, 9.17) is 0 Å². The van der Waals surface area contributed by atoms with Gasteiger partial charge in [-0.3, -0.25) is 24.5 Å². The second-order valence-corrected chi connectivity index (χ2v) is 9.54. The van der Waals surface area contributed by atoms with Crippen molar-refractivity contribution in [2.75, 3.05) is 29.9 Å². The number of hydrogen-bond donors (Lipinski definition) is 0. The Hall–Kier alpha value is -2.71. The van der Waals surface area contributed by atoms with Crippen LogP contribution in [0.5, 0.6) is 0 Å². The molecular formula is C28H36Cl3N5O2. The number of pyridine rings is 2. The molecule has 0 saturated heterocycles. The maximum absolute atomic E-state index is 13.2. The topological polar surface area (TPSA) is 69.6 Å². The van der Waals surface area contributed by atoms with E-state index in [9.17, 15) is 9.59 Å². The second kappa shape index (κ2) is 14.4. The van der Waals surface area contributed by atoms with E-state index in [0.29, 0.717) is 13.1 Å². The molecule has 2 amide bonds. The van der Waals surface area contributed by atoms with Crippen molar-refractivity contribution >= 4 is 60.4 Å². The minimum atomic E-state index is -1.11. The Morgan fingerprint density at radius 1 is 0.816 bits per heavy atom. The molecule has 10 heteroatoms. The number of halogens is 3. The van der Waals surface area contributed by atoms with E-state index in [1.807, 2.05) is 55.8 Å². The first-order chi connectivity index (χ1) is 16.8. The lowest BCUT2D eigenvalue weighted by Crippen LogP contribution is -2.47. The first-order valence-electron chi connectivity index (χ1n) is 12.0. The zero-order valence-corrected chi connectivity index (χ0v) is 24.6. The van der Waals surface area contributed by atoms with E-state index in [-0.39, 0.29) is 49.0 Å². The van der Waals surface area contributed by atoms with Crippen molar-refractivity contribution in [2.45, 2.75) is 40.3 Å². The van der Waals surface area contributed by atoms with Gasteiger partial charge in [0.15, 0.2) is 0 Å². The van der Waals surface area contributed by atoms with Crippen LogP contribution in [0.1, 0.15) is 37.5 Å². The number of rotatable bonds is 8. The van der Waals surface area contributed by atoms with E-state index in [1.165, 1.54) is 11.1 Å². The predicted molar refractivity (Wildman–Crippen MR) is 160 cm³/mol.